The van der Waals surface area contributed by atoms with E-state index in [1.54, 1.807) is 0 Å². The third kappa shape index (κ3) is 1.07. The molecule has 0 saturated carbocycles. The molecule has 0 aliphatic heterocycles. The van der Waals surface area contributed by atoms with Gasteiger partial charge >= 0.3 is 0 Å². The molecule has 1 heteroatoms. The molecule has 14 heavy (non-hydrogen) atoms. The highest BCUT2D eigenvalue weighted by Crippen LogP contribution is 2.34. The van der Waals surface area contributed by atoms with E-state index in [-0.39, 0.29) is 0 Å². The van der Waals surface area contributed by atoms with Gasteiger partial charge in [-0.3, -0.25) is 0 Å². The molecule has 0 bridgehead atoms. The van der Waals surface area contributed by atoms with Crippen molar-refractivity contribution < 1.29 is 0 Å². The lowest BCUT2D eigenvalue weighted by molar-refractivity contribution is 1.28. The smallest absolute Gasteiger partial charge is 0.135 e. The van der Waals surface area contributed by atoms with Crippen LogP contribution in [-0.4, -0.2) is 16.3 Å². The molecule has 3 rings (SSSR count). The standard InChI is InChI=1S/C13H9.Al/c1-3-7-12-10(5-1)9-11-6-2-4-8-13(11)12;/h1-5,7-8H,9H2;. The molecule has 0 atom stereocenters. The summed E-state index contributed by atoms with van der Waals surface area (Å²) >= 11 is 2.82. The molecule has 0 heterocycles. The van der Waals surface area contributed by atoms with Crippen molar-refractivity contribution in [1.82, 2.24) is 0 Å². The number of benzene rings is 2. The van der Waals surface area contributed by atoms with Gasteiger partial charge in [-0.15, -0.1) is 4.43 Å². The lowest BCUT2D eigenvalue weighted by atomic mass is 10.1. The van der Waals surface area contributed by atoms with E-state index in [2.05, 4.69) is 58.8 Å². The summed E-state index contributed by atoms with van der Waals surface area (Å²) in [6.45, 7) is 0. The molecule has 0 nitrogen and oxygen atoms in total. The van der Waals surface area contributed by atoms with Crippen molar-refractivity contribution in [3.8, 4) is 11.1 Å². The van der Waals surface area contributed by atoms with Gasteiger partial charge in [-0.2, -0.15) is 0 Å². The molecule has 2 aromatic carbocycles. The number of hydrogen-bond donors (Lipinski definition) is 0. The van der Waals surface area contributed by atoms with Gasteiger partial charge < -0.3 is 0 Å². The first kappa shape index (κ1) is 8.29. The second-order valence-corrected chi connectivity index (χ2v) is 4.33. The predicted octanol–water partition coefficient (Wildman–Crippen LogP) is 2.05. The van der Waals surface area contributed by atoms with Crippen molar-refractivity contribution >= 4 is 20.7 Å². The Kier molecular flexibility index (Phi) is 1.77. The van der Waals surface area contributed by atoms with Crippen LogP contribution in [0.3, 0.4) is 0 Å². The first-order valence-corrected chi connectivity index (χ1v) is 5.39. The summed E-state index contributed by atoms with van der Waals surface area (Å²) in [5.41, 5.74) is 5.75. The van der Waals surface area contributed by atoms with Crippen LogP contribution >= 0.6 is 0 Å². The van der Waals surface area contributed by atoms with Gasteiger partial charge in [0.25, 0.3) is 0 Å². The SMILES string of the molecule is [Al][c]1cccc2c1Cc1ccccc1-2. The van der Waals surface area contributed by atoms with Crippen LogP contribution in [0.5, 0.6) is 0 Å². The largest absolute Gasteiger partial charge is 0.176 e. The zero-order chi connectivity index (χ0) is 9.54. The Balaban J connectivity index is 2.33. The van der Waals surface area contributed by atoms with Crippen LogP contribution in [0, 0.1) is 0 Å². The minimum absolute atomic E-state index is 1.09. The molecule has 0 spiro atoms. The van der Waals surface area contributed by atoms with E-state index in [0.29, 0.717) is 0 Å². The minimum atomic E-state index is 1.09. The summed E-state index contributed by atoms with van der Waals surface area (Å²) in [5.74, 6) is 0. The molecule has 2 aromatic rings. The van der Waals surface area contributed by atoms with Crippen molar-refractivity contribution in [3.05, 3.63) is 53.6 Å². The van der Waals surface area contributed by atoms with E-state index in [1.165, 1.54) is 26.7 Å². The molecule has 0 amide bonds. The van der Waals surface area contributed by atoms with Gasteiger partial charge in [0, 0.05) is 0 Å². The van der Waals surface area contributed by atoms with E-state index in [4.69, 9.17) is 0 Å². The van der Waals surface area contributed by atoms with Gasteiger partial charge in [0.2, 0.25) is 0 Å². The lowest BCUT2D eigenvalue weighted by Crippen LogP contribution is -2.08. The monoisotopic (exact) mass is 192 g/mol. The van der Waals surface area contributed by atoms with E-state index in [9.17, 15) is 0 Å². The molecule has 0 saturated heterocycles. The molecule has 0 aromatic heterocycles. The lowest BCUT2D eigenvalue weighted by Gasteiger charge is -2.03. The second kappa shape index (κ2) is 2.99. The van der Waals surface area contributed by atoms with E-state index in [0.717, 1.165) is 6.42 Å². The molecule has 1 aliphatic rings. The highest BCUT2D eigenvalue weighted by molar-refractivity contribution is 6.34. The molecule has 0 unspecified atom stereocenters. The van der Waals surface area contributed by atoms with Gasteiger partial charge in [0.15, 0.2) is 16.3 Å². The Morgan fingerprint density at radius 1 is 0.857 bits per heavy atom. The van der Waals surface area contributed by atoms with Gasteiger partial charge in [-0.05, 0) is 23.1 Å². The summed E-state index contributed by atoms with van der Waals surface area (Å²) in [4.78, 5) is 0. The van der Waals surface area contributed by atoms with E-state index >= 15 is 0 Å². The summed E-state index contributed by atoms with van der Waals surface area (Å²) in [6, 6.07) is 15.2. The summed E-state index contributed by atoms with van der Waals surface area (Å²) < 4.78 is 1.33. The summed E-state index contributed by atoms with van der Waals surface area (Å²) in [6.07, 6.45) is 1.09. The average molecular weight is 192 g/mol. The summed E-state index contributed by atoms with van der Waals surface area (Å²) in [7, 11) is 0. The Hall–Kier alpha value is -1.03. The average Bonchev–Trinajstić information content (AvgIpc) is 2.59. The molecule has 0 N–H and O–H groups in total. The zero-order valence-electron chi connectivity index (χ0n) is 7.83. The Morgan fingerprint density at radius 2 is 1.64 bits per heavy atom. The minimum Gasteiger partial charge on any atom is -0.135 e. The van der Waals surface area contributed by atoms with Crippen LogP contribution < -0.4 is 4.43 Å². The molecule has 2 radical (unpaired) electrons. The van der Waals surface area contributed by atoms with Gasteiger partial charge in [0.1, 0.15) is 0 Å². The molecular formula is C13H9Al. The van der Waals surface area contributed by atoms with E-state index < -0.39 is 0 Å². The van der Waals surface area contributed by atoms with Crippen LogP contribution in [0.25, 0.3) is 11.1 Å². The highest BCUT2D eigenvalue weighted by atomic mass is 27.0. The zero-order valence-corrected chi connectivity index (χ0v) is 8.98. The van der Waals surface area contributed by atoms with Crippen LogP contribution in [0.2, 0.25) is 0 Å². The number of rotatable bonds is 0. The molecule has 1 aliphatic carbocycles. The Morgan fingerprint density at radius 3 is 2.57 bits per heavy atom. The van der Waals surface area contributed by atoms with E-state index in [1.807, 2.05) is 0 Å². The van der Waals surface area contributed by atoms with Crippen molar-refractivity contribution in [2.24, 2.45) is 0 Å². The van der Waals surface area contributed by atoms with Crippen LogP contribution in [0.4, 0.5) is 0 Å². The van der Waals surface area contributed by atoms with Crippen molar-refractivity contribution in [3.63, 3.8) is 0 Å². The van der Waals surface area contributed by atoms with Crippen molar-refractivity contribution in [2.75, 3.05) is 0 Å². The maximum absolute atomic E-state index is 2.82. The van der Waals surface area contributed by atoms with Crippen molar-refractivity contribution in [1.29, 1.82) is 0 Å². The number of fused-ring (bicyclic) bond motifs is 3. The first-order valence-electron chi connectivity index (χ1n) is 4.82. The second-order valence-electron chi connectivity index (χ2n) is 3.71. The predicted molar refractivity (Wildman–Crippen MR) is 60.1 cm³/mol. The molecule has 0 fully saturated rings. The molecular weight excluding hydrogens is 183 g/mol. The van der Waals surface area contributed by atoms with Crippen LogP contribution in [0.15, 0.2) is 42.5 Å². The normalized spacial score (nSPS) is 12.3. The highest BCUT2D eigenvalue weighted by Gasteiger charge is 2.17. The van der Waals surface area contributed by atoms with Crippen molar-refractivity contribution in [2.45, 2.75) is 6.42 Å². The Bertz CT molecular complexity index is 500. The quantitative estimate of drug-likeness (QED) is 0.478. The molecule has 64 valence electrons. The van der Waals surface area contributed by atoms with Gasteiger partial charge in [-0.25, -0.2) is 0 Å². The van der Waals surface area contributed by atoms with Gasteiger partial charge in [0.05, 0.1) is 0 Å². The fourth-order valence-corrected chi connectivity index (χ4v) is 2.55. The fourth-order valence-electron chi connectivity index (χ4n) is 2.18. The van der Waals surface area contributed by atoms with Crippen LogP contribution in [0.1, 0.15) is 11.1 Å². The topological polar surface area (TPSA) is 0 Å². The third-order valence-corrected chi connectivity index (χ3v) is 3.43. The van der Waals surface area contributed by atoms with Gasteiger partial charge in [-0.1, -0.05) is 48.0 Å². The maximum Gasteiger partial charge on any atom is 0.176 e. The fraction of sp³-hybridized carbons (Fsp3) is 0.0769. The third-order valence-electron chi connectivity index (χ3n) is 2.89. The maximum atomic E-state index is 2.82. The van der Waals surface area contributed by atoms with Crippen LogP contribution in [-0.2, 0) is 6.42 Å². The first-order chi connectivity index (χ1) is 6.86. The Labute approximate surface area is 92.0 Å². The number of hydrogen-bond acceptors (Lipinski definition) is 0. The summed E-state index contributed by atoms with van der Waals surface area (Å²) in [5, 5.41) is 0.